The number of fused-ring (bicyclic) bond motifs is 1. The topological polar surface area (TPSA) is 57.0 Å². The summed E-state index contributed by atoms with van der Waals surface area (Å²) in [6.45, 7) is 4.43. The zero-order valence-corrected chi connectivity index (χ0v) is 12.6. The van der Waals surface area contributed by atoms with Crippen LogP contribution in [-0.4, -0.2) is 20.5 Å². The minimum absolute atomic E-state index is 0.346. The van der Waals surface area contributed by atoms with Gasteiger partial charge in [0.25, 0.3) is 0 Å². The SMILES string of the molecule is CCCn1ccc2c(-c3ccccc3OC(C)=O)ncnc21. The molecule has 0 fully saturated rings. The lowest BCUT2D eigenvalue weighted by molar-refractivity contribution is -0.131. The normalized spacial score (nSPS) is 10.8. The third-order valence-electron chi connectivity index (χ3n) is 3.42. The van der Waals surface area contributed by atoms with Gasteiger partial charge < -0.3 is 9.30 Å². The van der Waals surface area contributed by atoms with E-state index in [9.17, 15) is 4.79 Å². The van der Waals surface area contributed by atoms with Crippen LogP contribution in [0.25, 0.3) is 22.3 Å². The van der Waals surface area contributed by atoms with Crippen LogP contribution in [-0.2, 0) is 11.3 Å². The molecule has 22 heavy (non-hydrogen) atoms. The first kappa shape index (κ1) is 14.3. The Balaban J connectivity index is 2.17. The summed E-state index contributed by atoms with van der Waals surface area (Å²) in [5.41, 5.74) is 2.46. The Bertz CT molecular complexity index is 824. The van der Waals surface area contributed by atoms with Gasteiger partial charge in [0, 0.05) is 30.6 Å². The minimum Gasteiger partial charge on any atom is -0.426 e. The van der Waals surface area contributed by atoms with Crippen molar-refractivity contribution in [2.75, 3.05) is 0 Å². The Morgan fingerprint density at radius 1 is 1.23 bits per heavy atom. The van der Waals surface area contributed by atoms with Crippen LogP contribution in [0, 0.1) is 0 Å². The van der Waals surface area contributed by atoms with E-state index in [2.05, 4.69) is 21.5 Å². The number of carbonyl (C=O) groups excluding carboxylic acids is 1. The highest BCUT2D eigenvalue weighted by molar-refractivity contribution is 5.93. The molecule has 5 heteroatoms. The molecular weight excluding hydrogens is 278 g/mol. The molecule has 0 amide bonds. The zero-order valence-electron chi connectivity index (χ0n) is 12.6. The Hall–Kier alpha value is -2.69. The molecule has 3 rings (SSSR count). The fourth-order valence-electron chi connectivity index (χ4n) is 2.55. The fourth-order valence-corrected chi connectivity index (χ4v) is 2.55. The van der Waals surface area contributed by atoms with Gasteiger partial charge in [-0.25, -0.2) is 9.97 Å². The summed E-state index contributed by atoms with van der Waals surface area (Å²) in [5, 5.41) is 0.954. The van der Waals surface area contributed by atoms with Crippen molar-refractivity contribution in [2.45, 2.75) is 26.8 Å². The molecule has 0 aliphatic rings. The highest BCUT2D eigenvalue weighted by Crippen LogP contribution is 2.33. The third kappa shape index (κ3) is 2.57. The van der Waals surface area contributed by atoms with Crippen LogP contribution >= 0.6 is 0 Å². The van der Waals surface area contributed by atoms with E-state index < -0.39 is 0 Å². The van der Waals surface area contributed by atoms with Crippen molar-refractivity contribution in [1.82, 2.24) is 14.5 Å². The second-order valence-corrected chi connectivity index (χ2v) is 5.06. The molecule has 3 aromatic rings. The fraction of sp³-hybridized carbons (Fsp3) is 0.235. The number of rotatable bonds is 4. The van der Waals surface area contributed by atoms with Crippen LogP contribution in [0.2, 0.25) is 0 Å². The van der Waals surface area contributed by atoms with E-state index in [1.165, 1.54) is 6.92 Å². The van der Waals surface area contributed by atoms with Crippen molar-refractivity contribution in [2.24, 2.45) is 0 Å². The number of aromatic nitrogens is 3. The molecule has 0 unspecified atom stereocenters. The Kier molecular flexibility index (Phi) is 3.87. The average Bonchev–Trinajstić information content (AvgIpc) is 2.91. The summed E-state index contributed by atoms with van der Waals surface area (Å²) < 4.78 is 7.40. The van der Waals surface area contributed by atoms with Gasteiger partial charge in [-0.15, -0.1) is 0 Å². The van der Waals surface area contributed by atoms with Crippen LogP contribution in [0.4, 0.5) is 0 Å². The lowest BCUT2D eigenvalue weighted by Crippen LogP contribution is -2.03. The molecule has 1 aromatic carbocycles. The highest BCUT2D eigenvalue weighted by Gasteiger charge is 2.14. The second-order valence-electron chi connectivity index (χ2n) is 5.06. The summed E-state index contributed by atoms with van der Waals surface area (Å²) >= 11 is 0. The lowest BCUT2D eigenvalue weighted by Gasteiger charge is -2.09. The molecule has 0 bridgehead atoms. The first-order valence-corrected chi connectivity index (χ1v) is 7.28. The summed E-state index contributed by atoms with van der Waals surface area (Å²) in [5.74, 6) is 0.166. The van der Waals surface area contributed by atoms with E-state index in [1.807, 2.05) is 30.5 Å². The largest absolute Gasteiger partial charge is 0.426 e. The Morgan fingerprint density at radius 3 is 2.82 bits per heavy atom. The zero-order chi connectivity index (χ0) is 15.5. The first-order chi connectivity index (χ1) is 10.7. The van der Waals surface area contributed by atoms with E-state index in [0.29, 0.717) is 5.75 Å². The number of nitrogens with zero attached hydrogens (tertiary/aromatic N) is 3. The molecule has 0 aliphatic carbocycles. The van der Waals surface area contributed by atoms with Gasteiger partial charge in [-0.1, -0.05) is 19.1 Å². The van der Waals surface area contributed by atoms with Crippen LogP contribution in [0.15, 0.2) is 42.9 Å². The van der Waals surface area contributed by atoms with E-state index in [4.69, 9.17) is 4.74 Å². The summed E-state index contributed by atoms with van der Waals surface area (Å²) in [6, 6.07) is 9.41. The maximum absolute atomic E-state index is 11.3. The van der Waals surface area contributed by atoms with Crippen LogP contribution in [0.3, 0.4) is 0 Å². The van der Waals surface area contributed by atoms with Crippen LogP contribution < -0.4 is 4.74 Å². The maximum atomic E-state index is 11.3. The van der Waals surface area contributed by atoms with Crippen molar-refractivity contribution in [3.05, 3.63) is 42.9 Å². The highest BCUT2D eigenvalue weighted by atomic mass is 16.5. The Morgan fingerprint density at radius 2 is 2.05 bits per heavy atom. The smallest absolute Gasteiger partial charge is 0.308 e. The Labute approximate surface area is 128 Å². The van der Waals surface area contributed by atoms with Gasteiger partial charge in [-0.05, 0) is 24.6 Å². The van der Waals surface area contributed by atoms with Gasteiger partial charge in [-0.2, -0.15) is 0 Å². The van der Waals surface area contributed by atoms with E-state index in [1.54, 1.807) is 12.4 Å². The molecule has 0 aliphatic heterocycles. The lowest BCUT2D eigenvalue weighted by atomic mass is 10.1. The number of esters is 1. The van der Waals surface area contributed by atoms with Crippen molar-refractivity contribution < 1.29 is 9.53 Å². The van der Waals surface area contributed by atoms with E-state index >= 15 is 0 Å². The molecular formula is C17H17N3O2. The minimum atomic E-state index is -0.346. The quantitative estimate of drug-likeness (QED) is 0.546. The molecule has 0 spiro atoms. The average molecular weight is 295 g/mol. The van der Waals surface area contributed by atoms with Gasteiger partial charge in [0.2, 0.25) is 0 Å². The van der Waals surface area contributed by atoms with Crippen LogP contribution in [0.5, 0.6) is 5.75 Å². The number of benzene rings is 1. The number of carbonyl (C=O) groups is 1. The predicted octanol–water partition coefficient (Wildman–Crippen LogP) is 3.43. The van der Waals surface area contributed by atoms with Crippen molar-refractivity contribution in [3.63, 3.8) is 0 Å². The van der Waals surface area contributed by atoms with Gasteiger partial charge in [0.05, 0.1) is 5.69 Å². The van der Waals surface area contributed by atoms with Crippen molar-refractivity contribution >= 4 is 17.0 Å². The number of para-hydroxylation sites is 1. The van der Waals surface area contributed by atoms with Gasteiger partial charge >= 0.3 is 5.97 Å². The molecule has 0 N–H and O–H groups in total. The van der Waals surface area contributed by atoms with Gasteiger partial charge in [-0.3, -0.25) is 4.79 Å². The second kappa shape index (κ2) is 5.97. The molecule has 0 saturated heterocycles. The molecule has 0 saturated carbocycles. The first-order valence-electron chi connectivity index (χ1n) is 7.28. The molecule has 2 aromatic heterocycles. The van der Waals surface area contributed by atoms with Gasteiger partial charge in [0.15, 0.2) is 0 Å². The molecule has 5 nitrogen and oxygen atoms in total. The monoisotopic (exact) mass is 295 g/mol. The number of ether oxygens (including phenoxy) is 1. The van der Waals surface area contributed by atoms with E-state index in [0.717, 1.165) is 35.3 Å². The van der Waals surface area contributed by atoms with E-state index in [-0.39, 0.29) is 5.97 Å². The summed E-state index contributed by atoms with van der Waals surface area (Å²) in [4.78, 5) is 20.1. The molecule has 0 atom stereocenters. The van der Waals surface area contributed by atoms with Crippen molar-refractivity contribution in [3.8, 4) is 17.0 Å². The predicted molar refractivity (Wildman–Crippen MR) is 84.6 cm³/mol. The molecule has 112 valence electrons. The number of hydrogen-bond donors (Lipinski definition) is 0. The third-order valence-corrected chi connectivity index (χ3v) is 3.42. The maximum Gasteiger partial charge on any atom is 0.308 e. The standard InChI is InChI=1S/C17H17N3O2/c1-3-9-20-10-8-14-16(18-11-19-17(14)20)13-6-4-5-7-15(13)22-12(2)21/h4-8,10-11H,3,9H2,1-2H3. The van der Waals surface area contributed by atoms with Crippen LogP contribution in [0.1, 0.15) is 20.3 Å². The van der Waals surface area contributed by atoms with Crippen molar-refractivity contribution in [1.29, 1.82) is 0 Å². The summed E-state index contributed by atoms with van der Waals surface area (Å²) in [7, 11) is 0. The van der Waals surface area contributed by atoms with Gasteiger partial charge in [0.1, 0.15) is 17.7 Å². The number of hydrogen-bond acceptors (Lipinski definition) is 4. The number of aryl methyl sites for hydroxylation is 1. The molecule has 2 heterocycles. The molecule has 0 radical (unpaired) electrons. The summed E-state index contributed by atoms with van der Waals surface area (Å²) in [6.07, 6.45) is 4.60.